The zero-order chi connectivity index (χ0) is 31.4. The number of para-hydroxylation sites is 1. The van der Waals surface area contributed by atoms with E-state index in [0.29, 0.717) is 5.75 Å². The van der Waals surface area contributed by atoms with Crippen LogP contribution in [-0.2, 0) is 22.0 Å². The van der Waals surface area contributed by atoms with E-state index in [1.165, 1.54) is 50.1 Å². The molecule has 0 amide bonds. The van der Waals surface area contributed by atoms with Crippen LogP contribution < -0.4 is 4.74 Å². The van der Waals surface area contributed by atoms with Crippen LogP contribution in [-0.4, -0.2) is 5.97 Å². The van der Waals surface area contributed by atoms with Crippen molar-refractivity contribution in [2.45, 2.75) is 37.5 Å². The van der Waals surface area contributed by atoms with Crippen molar-refractivity contribution in [2.24, 2.45) is 5.41 Å². The van der Waals surface area contributed by atoms with Crippen LogP contribution in [0.2, 0.25) is 0 Å². The van der Waals surface area contributed by atoms with Crippen LogP contribution in [0.4, 0.5) is 0 Å². The van der Waals surface area contributed by atoms with E-state index in [1.807, 2.05) is 30.3 Å². The van der Waals surface area contributed by atoms with Crippen molar-refractivity contribution in [3.05, 3.63) is 186 Å². The summed E-state index contributed by atoms with van der Waals surface area (Å²) in [6, 6.07) is 55.5. The van der Waals surface area contributed by atoms with Crippen LogP contribution in [0.3, 0.4) is 0 Å². The Morgan fingerprint density at radius 3 is 1.33 bits per heavy atom. The Bertz CT molecular complexity index is 1980. The first kappa shape index (κ1) is 28.3. The number of esters is 1. The fourth-order valence-corrected chi connectivity index (χ4v) is 8.96. The largest absolute Gasteiger partial charge is 0.426 e. The molecule has 0 N–H and O–H groups in total. The normalized spacial score (nSPS) is 14.9. The fraction of sp³-hybridized carbons (Fsp3) is 0.159. The lowest BCUT2D eigenvalue weighted by Crippen LogP contribution is -2.57. The highest BCUT2D eigenvalue weighted by Gasteiger charge is 2.65. The Balaban J connectivity index is 1.45. The number of hydrogen-bond donors (Lipinski definition) is 0. The van der Waals surface area contributed by atoms with Crippen molar-refractivity contribution in [3.8, 4) is 28.0 Å². The van der Waals surface area contributed by atoms with E-state index in [-0.39, 0.29) is 12.4 Å². The van der Waals surface area contributed by atoms with Gasteiger partial charge < -0.3 is 4.74 Å². The van der Waals surface area contributed by atoms with Crippen LogP contribution in [0.25, 0.3) is 22.3 Å². The summed E-state index contributed by atoms with van der Waals surface area (Å²) in [5, 5.41) is 0. The first-order chi connectivity index (χ1) is 22.5. The number of hydrogen-bond acceptors (Lipinski definition) is 2. The van der Waals surface area contributed by atoms with Crippen LogP contribution in [0, 0.1) is 5.41 Å². The molecule has 0 atom stereocenters. The molecule has 2 heteroatoms. The zero-order valence-electron chi connectivity index (χ0n) is 26.2. The van der Waals surface area contributed by atoms with Crippen LogP contribution in [0.5, 0.6) is 5.75 Å². The van der Waals surface area contributed by atoms with E-state index in [0.717, 1.165) is 6.42 Å². The summed E-state index contributed by atoms with van der Waals surface area (Å²) in [7, 11) is 0. The van der Waals surface area contributed by atoms with Crippen molar-refractivity contribution in [1.29, 1.82) is 0 Å². The first-order valence-corrected chi connectivity index (χ1v) is 16.2. The molecular formula is C44H36O2. The van der Waals surface area contributed by atoms with E-state index in [9.17, 15) is 4.79 Å². The van der Waals surface area contributed by atoms with Crippen molar-refractivity contribution >= 4 is 5.97 Å². The molecule has 0 aliphatic heterocycles. The van der Waals surface area contributed by atoms with E-state index in [2.05, 4.69) is 141 Å². The van der Waals surface area contributed by atoms with Crippen molar-refractivity contribution in [1.82, 2.24) is 0 Å². The van der Waals surface area contributed by atoms with Gasteiger partial charge in [-0.15, -0.1) is 0 Å². The maximum Gasteiger partial charge on any atom is 0.312 e. The molecular weight excluding hydrogens is 560 g/mol. The predicted molar refractivity (Wildman–Crippen MR) is 186 cm³/mol. The summed E-state index contributed by atoms with van der Waals surface area (Å²) in [6.07, 6.45) is 0.985. The number of carbonyl (C=O) groups is 1. The maximum absolute atomic E-state index is 14.4. The molecule has 0 saturated heterocycles. The van der Waals surface area contributed by atoms with Gasteiger partial charge in [-0.1, -0.05) is 159 Å². The van der Waals surface area contributed by atoms with Gasteiger partial charge >= 0.3 is 5.97 Å². The van der Waals surface area contributed by atoms with E-state index in [4.69, 9.17) is 4.74 Å². The second-order valence-electron chi connectivity index (χ2n) is 13.2. The Labute approximate surface area is 271 Å². The average molecular weight is 597 g/mol. The number of carbonyl (C=O) groups excluding carboxylic acids is 1. The zero-order valence-corrected chi connectivity index (χ0v) is 26.2. The minimum Gasteiger partial charge on any atom is -0.426 e. The number of rotatable bonds is 7. The molecule has 0 bridgehead atoms. The third-order valence-corrected chi connectivity index (χ3v) is 11.0. The molecule has 6 aromatic carbocycles. The van der Waals surface area contributed by atoms with Gasteiger partial charge in [0.2, 0.25) is 0 Å². The lowest BCUT2D eigenvalue weighted by atomic mass is 9.45. The Kier molecular flexibility index (Phi) is 6.58. The average Bonchev–Trinajstić information content (AvgIpc) is 3.55. The van der Waals surface area contributed by atoms with Crippen molar-refractivity contribution < 1.29 is 9.53 Å². The van der Waals surface area contributed by atoms with Gasteiger partial charge in [0, 0.05) is 10.8 Å². The van der Waals surface area contributed by atoms with Crippen LogP contribution in [0.15, 0.2) is 158 Å². The minimum absolute atomic E-state index is 0.198. The third kappa shape index (κ3) is 3.93. The van der Waals surface area contributed by atoms with Gasteiger partial charge in [-0.05, 0) is 74.0 Å². The second-order valence-corrected chi connectivity index (χ2v) is 13.2. The van der Waals surface area contributed by atoms with Crippen LogP contribution in [0.1, 0.15) is 48.1 Å². The predicted octanol–water partition coefficient (Wildman–Crippen LogP) is 10.2. The summed E-state index contributed by atoms with van der Waals surface area (Å²) >= 11 is 0. The highest BCUT2D eigenvalue weighted by molar-refractivity contribution is 5.88. The van der Waals surface area contributed by atoms with Gasteiger partial charge in [-0.2, -0.15) is 0 Å². The van der Waals surface area contributed by atoms with Gasteiger partial charge in [-0.3, -0.25) is 4.79 Å². The lowest BCUT2D eigenvalue weighted by Gasteiger charge is -2.57. The number of fused-ring (bicyclic) bond motifs is 6. The van der Waals surface area contributed by atoms with E-state index >= 15 is 0 Å². The minimum atomic E-state index is -0.717. The van der Waals surface area contributed by atoms with E-state index in [1.54, 1.807) is 0 Å². The van der Waals surface area contributed by atoms with Crippen molar-refractivity contribution in [2.75, 3.05) is 0 Å². The molecule has 0 saturated carbocycles. The first-order valence-electron chi connectivity index (χ1n) is 16.2. The quantitative estimate of drug-likeness (QED) is 0.135. The molecule has 0 radical (unpaired) electrons. The van der Waals surface area contributed by atoms with Crippen LogP contribution >= 0.6 is 0 Å². The molecule has 2 nitrogen and oxygen atoms in total. The molecule has 46 heavy (non-hydrogen) atoms. The monoisotopic (exact) mass is 596 g/mol. The maximum atomic E-state index is 14.4. The Morgan fingerprint density at radius 2 is 0.870 bits per heavy atom. The third-order valence-electron chi connectivity index (χ3n) is 11.0. The molecule has 2 aliphatic carbocycles. The summed E-state index contributed by atoms with van der Waals surface area (Å²) in [5.41, 5.74) is 9.41. The summed E-state index contributed by atoms with van der Waals surface area (Å²) in [5.74, 6) is 0.329. The molecule has 224 valence electrons. The second kappa shape index (κ2) is 10.7. The fourth-order valence-electron chi connectivity index (χ4n) is 8.96. The molecule has 8 rings (SSSR count). The lowest BCUT2D eigenvalue weighted by molar-refractivity contribution is -0.137. The standard InChI is InChI=1S/C44H36O2/c1-42(2,43(29-31-17-5-3-6-18-31)37-25-13-9-21-33(37)34-22-10-14-26-38(34)43)44(30-41(45)46-32-19-7-4-8-20-32)39-27-15-11-23-35(39)36-24-12-16-28-40(36)44/h3-28H,29-30H2,1-2H3. The molecule has 0 fully saturated rings. The van der Waals surface area contributed by atoms with E-state index < -0.39 is 16.2 Å². The summed E-state index contributed by atoms with van der Waals surface area (Å²) in [4.78, 5) is 14.4. The number of benzene rings is 6. The van der Waals surface area contributed by atoms with Gasteiger partial charge in [-0.25, -0.2) is 0 Å². The van der Waals surface area contributed by atoms with Gasteiger partial charge in [0.05, 0.1) is 6.42 Å². The molecule has 2 aliphatic rings. The highest BCUT2D eigenvalue weighted by Crippen LogP contribution is 2.69. The Morgan fingerprint density at radius 1 is 0.500 bits per heavy atom. The molecule has 6 aromatic rings. The van der Waals surface area contributed by atoms with Gasteiger partial charge in [0.15, 0.2) is 0 Å². The topological polar surface area (TPSA) is 26.3 Å². The SMILES string of the molecule is CC(C)(C1(CC(=O)Oc2ccccc2)c2ccccc2-c2ccccc21)C1(Cc2ccccc2)c2ccccc2-c2ccccc21. The number of ether oxygens (including phenoxy) is 1. The smallest absolute Gasteiger partial charge is 0.312 e. The van der Waals surface area contributed by atoms with Crippen molar-refractivity contribution in [3.63, 3.8) is 0 Å². The van der Waals surface area contributed by atoms with Gasteiger partial charge in [0.25, 0.3) is 0 Å². The molecule has 0 heterocycles. The van der Waals surface area contributed by atoms with Gasteiger partial charge in [0.1, 0.15) is 5.75 Å². The highest BCUT2D eigenvalue weighted by atomic mass is 16.5. The Hall–Kier alpha value is -5.21. The molecule has 0 unspecified atom stereocenters. The molecule has 0 spiro atoms. The summed E-state index contributed by atoms with van der Waals surface area (Å²) in [6.45, 7) is 4.81. The summed E-state index contributed by atoms with van der Waals surface area (Å²) < 4.78 is 6.14. The molecule has 0 aromatic heterocycles.